The van der Waals surface area contributed by atoms with E-state index < -0.39 is 5.91 Å². The number of aliphatic hydroxyl groups excluding tert-OH is 1. The zero-order valence-electron chi connectivity index (χ0n) is 25.1. The quantitative estimate of drug-likeness (QED) is 0.0415. The lowest BCUT2D eigenvalue weighted by molar-refractivity contribution is -0.166. The second-order valence-electron chi connectivity index (χ2n) is 10.1. The van der Waals surface area contributed by atoms with E-state index in [2.05, 4.69) is 26.6 Å². The molecule has 7 N–H and O–H groups in total. The predicted octanol–water partition coefficient (Wildman–Crippen LogP) is 0.259. The number of hydroxylamine groups is 2. The molecule has 0 aliphatic heterocycles. The largest absolute Gasteiger partial charge is 0.396 e. The number of rotatable bonds is 26. The van der Waals surface area contributed by atoms with Crippen LogP contribution in [0.15, 0.2) is 0 Å². The highest BCUT2D eigenvalue weighted by atomic mass is 16.5. The molecule has 0 unspecified atom stereocenters. The van der Waals surface area contributed by atoms with Crippen LogP contribution in [0, 0.1) is 0 Å². The maximum absolute atomic E-state index is 12.0. The van der Waals surface area contributed by atoms with Crippen molar-refractivity contribution in [1.29, 1.82) is 0 Å². The van der Waals surface area contributed by atoms with Gasteiger partial charge >= 0.3 is 0 Å². The second-order valence-corrected chi connectivity index (χ2v) is 10.1. The van der Waals surface area contributed by atoms with Gasteiger partial charge in [0.15, 0.2) is 0 Å². The van der Waals surface area contributed by atoms with Gasteiger partial charge in [-0.25, -0.2) is 5.06 Å². The van der Waals surface area contributed by atoms with Gasteiger partial charge in [-0.1, -0.05) is 0 Å². The van der Waals surface area contributed by atoms with Crippen LogP contribution in [0.5, 0.6) is 0 Å². The van der Waals surface area contributed by atoms with Gasteiger partial charge in [-0.05, 0) is 57.8 Å². The lowest BCUT2D eigenvalue weighted by atomic mass is 10.2. The number of nitrogens with one attached hydrogen (secondary N) is 5. The Kier molecular flexibility index (Phi) is 24.6. The fraction of sp³-hybridized carbons (Fsp3) is 0.786. The maximum Gasteiger partial charge on any atom is 0.246 e. The minimum Gasteiger partial charge on any atom is -0.396 e. The molecule has 0 aromatic carbocycles. The number of aliphatic hydroxyl groups is 1. The highest BCUT2D eigenvalue weighted by Gasteiger charge is 2.13. The Morgan fingerprint density at radius 2 is 0.857 bits per heavy atom. The Bertz CT molecular complexity index is 811. The number of unbranched alkanes of at least 4 members (excludes halogenated alkanes) is 6. The fourth-order valence-corrected chi connectivity index (χ4v) is 3.75. The van der Waals surface area contributed by atoms with E-state index >= 15 is 0 Å². The Labute approximate surface area is 249 Å². The first-order chi connectivity index (χ1) is 20.1. The first-order valence-electron chi connectivity index (χ1n) is 15.1. The van der Waals surface area contributed by atoms with E-state index in [0.29, 0.717) is 57.0 Å². The van der Waals surface area contributed by atoms with Crippen molar-refractivity contribution in [3.05, 3.63) is 0 Å². The van der Waals surface area contributed by atoms with Crippen LogP contribution in [0.2, 0.25) is 0 Å². The normalized spacial score (nSPS) is 10.5. The van der Waals surface area contributed by atoms with Crippen molar-refractivity contribution >= 4 is 35.4 Å². The van der Waals surface area contributed by atoms with Crippen LogP contribution in [0.1, 0.15) is 96.8 Å². The van der Waals surface area contributed by atoms with Crippen LogP contribution < -0.4 is 26.6 Å². The number of carbonyl (C=O) groups excluding carboxylic acids is 6. The third-order valence-electron chi connectivity index (χ3n) is 6.19. The molecular weight excluding hydrogens is 548 g/mol. The zero-order chi connectivity index (χ0) is 31.4. The Morgan fingerprint density at radius 3 is 1.26 bits per heavy atom. The third-order valence-corrected chi connectivity index (χ3v) is 6.19. The molecule has 0 radical (unpaired) electrons. The SMILES string of the molecule is CC(=O)NCCCCCNC(=O)CCC(=O)N(O)CCCCCNC(=O)CCC(=O)NCCCCCNC(=O)CCO. The summed E-state index contributed by atoms with van der Waals surface area (Å²) in [5, 5.41) is 32.8. The van der Waals surface area contributed by atoms with E-state index in [9.17, 15) is 34.0 Å². The number of nitrogens with zero attached hydrogens (tertiary/aromatic N) is 1. The van der Waals surface area contributed by atoms with Gasteiger partial charge in [0.1, 0.15) is 0 Å². The molecule has 0 heterocycles. The van der Waals surface area contributed by atoms with Crippen molar-refractivity contribution in [2.24, 2.45) is 0 Å². The summed E-state index contributed by atoms with van der Waals surface area (Å²) in [7, 11) is 0. The lowest BCUT2D eigenvalue weighted by Gasteiger charge is -2.15. The summed E-state index contributed by atoms with van der Waals surface area (Å²) in [6.45, 7) is 4.02. The molecular formula is C28H52N6O8. The van der Waals surface area contributed by atoms with Gasteiger partial charge < -0.3 is 31.7 Å². The van der Waals surface area contributed by atoms with Crippen molar-refractivity contribution in [3.8, 4) is 0 Å². The van der Waals surface area contributed by atoms with Gasteiger partial charge in [0.2, 0.25) is 35.4 Å². The second kappa shape index (κ2) is 26.6. The predicted molar refractivity (Wildman–Crippen MR) is 156 cm³/mol. The Hall–Kier alpha value is -3.26. The van der Waals surface area contributed by atoms with Crippen molar-refractivity contribution in [2.45, 2.75) is 96.8 Å². The van der Waals surface area contributed by atoms with Crippen molar-refractivity contribution < 1.29 is 39.1 Å². The number of hydrogen-bond acceptors (Lipinski definition) is 8. The van der Waals surface area contributed by atoms with E-state index in [4.69, 9.17) is 5.11 Å². The van der Waals surface area contributed by atoms with Crippen LogP contribution >= 0.6 is 0 Å². The summed E-state index contributed by atoms with van der Waals surface area (Å²) in [5.74, 6) is -1.42. The molecule has 0 aliphatic carbocycles. The molecule has 0 aliphatic rings. The molecule has 0 aromatic rings. The fourth-order valence-electron chi connectivity index (χ4n) is 3.75. The molecule has 0 aromatic heterocycles. The van der Waals surface area contributed by atoms with Crippen molar-refractivity contribution in [3.63, 3.8) is 0 Å². The smallest absolute Gasteiger partial charge is 0.246 e. The third kappa shape index (κ3) is 25.7. The monoisotopic (exact) mass is 600 g/mol. The first kappa shape index (κ1) is 38.7. The van der Waals surface area contributed by atoms with Crippen molar-refractivity contribution in [1.82, 2.24) is 31.6 Å². The molecule has 14 nitrogen and oxygen atoms in total. The van der Waals surface area contributed by atoms with Gasteiger partial charge in [-0.3, -0.25) is 34.0 Å². The molecule has 42 heavy (non-hydrogen) atoms. The van der Waals surface area contributed by atoms with Crippen LogP contribution in [0.25, 0.3) is 0 Å². The average molecular weight is 601 g/mol. The van der Waals surface area contributed by atoms with Crippen LogP contribution in [-0.2, 0) is 28.8 Å². The van der Waals surface area contributed by atoms with E-state index in [1.165, 1.54) is 6.92 Å². The van der Waals surface area contributed by atoms with Crippen LogP contribution in [0.4, 0.5) is 0 Å². The first-order valence-corrected chi connectivity index (χ1v) is 15.1. The Morgan fingerprint density at radius 1 is 0.500 bits per heavy atom. The van der Waals surface area contributed by atoms with Gasteiger partial charge in [0.25, 0.3) is 0 Å². The van der Waals surface area contributed by atoms with Crippen LogP contribution in [0.3, 0.4) is 0 Å². The van der Waals surface area contributed by atoms with Gasteiger partial charge in [-0.2, -0.15) is 0 Å². The summed E-state index contributed by atoms with van der Waals surface area (Å²) < 4.78 is 0. The summed E-state index contributed by atoms with van der Waals surface area (Å²) in [6, 6.07) is 0. The molecule has 0 rings (SSSR count). The molecule has 0 spiro atoms. The number of amides is 6. The highest BCUT2D eigenvalue weighted by molar-refractivity contribution is 5.84. The minimum absolute atomic E-state index is 0.000527. The molecule has 0 bridgehead atoms. The van der Waals surface area contributed by atoms with Gasteiger partial charge in [0.05, 0.1) is 6.61 Å². The minimum atomic E-state index is -0.519. The van der Waals surface area contributed by atoms with Gasteiger partial charge in [0, 0.05) is 78.3 Å². The topological polar surface area (TPSA) is 206 Å². The summed E-state index contributed by atoms with van der Waals surface area (Å²) in [5.41, 5.74) is 0. The summed E-state index contributed by atoms with van der Waals surface area (Å²) in [6.07, 6.45) is 6.96. The zero-order valence-corrected chi connectivity index (χ0v) is 25.1. The maximum atomic E-state index is 12.0. The molecule has 6 amide bonds. The van der Waals surface area contributed by atoms with Gasteiger partial charge in [-0.15, -0.1) is 0 Å². The molecule has 14 heteroatoms. The lowest BCUT2D eigenvalue weighted by Crippen LogP contribution is -2.31. The molecule has 0 saturated carbocycles. The number of carbonyl (C=O) groups is 6. The van der Waals surface area contributed by atoms with E-state index in [1.807, 2.05) is 0 Å². The van der Waals surface area contributed by atoms with Crippen molar-refractivity contribution in [2.75, 3.05) is 45.9 Å². The molecule has 0 saturated heterocycles. The molecule has 0 fully saturated rings. The molecule has 242 valence electrons. The standard InChI is InChI=1S/C28H52N6O8/c1-23(36)29-16-5-2-6-18-32-26(39)13-14-28(41)34(42)21-10-4-9-20-31-25(38)12-11-24(37)30-17-7-3-8-19-33-27(40)15-22-35/h35,42H,2-22H2,1H3,(H,29,36)(H,30,37)(H,31,38)(H,32,39)(H,33,40). The highest BCUT2D eigenvalue weighted by Crippen LogP contribution is 2.02. The summed E-state index contributed by atoms with van der Waals surface area (Å²) in [4.78, 5) is 69.6. The average Bonchev–Trinajstić information content (AvgIpc) is 2.95. The van der Waals surface area contributed by atoms with E-state index in [-0.39, 0.29) is 74.8 Å². The van der Waals surface area contributed by atoms with E-state index in [1.54, 1.807) is 0 Å². The Balaban J connectivity index is 3.64. The molecule has 0 atom stereocenters. The number of hydrogen-bond donors (Lipinski definition) is 7. The van der Waals surface area contributed by atoms with E-state index in [0.717, 1.165) is 38.5 Å². The summed E-state index contributed by atoms with van der Waals surface area (Å²) >= 11 is 0. The van der Waals surface area contributed by atoms with Crippen LogP contribution in [-0.4, -0.2) is 96.7 Å².